The molecule has 26 heavy (non-hydrogen) atoms. The highest BCUT2D eigenvalue weighted by molar-refractivity contribution is 7.99. The Hall–Kier alpha value is -2.47. The summed E-state index contributed by atoms with van der Waals surface area (Å²) >= 11 is 1.68. The summed E-state index contributed by atoms with van der Waals surface area (Å²) in [6.45, 7) is 2.75. The van der Waals surface area contributed by atoms with Gasteiger partial charge in [-0.3, -0.25) is 0 Å². The molecule has 0 spiro atoms. The molecular weight excluding hydrogens is 346 g/mol. The first-order valence-electron chi connectivity index (χ1n) is 8.54. The van der Waals surface area contributed by atoms with E-state index in [1.54, 1.807) is 18.9 Å². The molecule has 136 valence electrons. The van der Waals surface area contributed by atoms with E-state index in [0.717, 1.165) is 40.2 Å². The van der Waals surface area contributed by atoms with Crippen molar-refractivity contribution < 1.29 is 9.47 Å². The van der Waals surface area contributed by atoms with Crippen LogP contribution in [0.3, 0.4) is 0 Å². The molecule has 0 radical (unpaired) electrons. The van der Waals surface area contributed by atoms with Crippen LogP contribution in [0.1, 0.15) is 12.0 Å². The van der Waals surface area contributed by atoms with Crippen molar-refractivity contribution in [3.05, 3.63) is 54.1 Å². The van der Waals surface area contributed by atoms with Gasteiger partial charge in [-0.15, -0.1) is 10.2 Å². The Balaban J connectivity index is 1.54. The lowest BCUT2D eigenvalue weighted by Gasteiger charge is -2.08. The SMILES string of the molecule is COc1ccccc1-c1nnc(SCCCOc2cccc(C)c2)n1C. The predicted molar refractivity (Wildman–Crippen MR) is 105 cm³/mol. The molecule has 0 bridgehead atoms. The number of methoxy groups -OCH3 is 1. The van der Waals surface area contributed by atoms with Gasteiger partial charge in [0.1, 0.15) is 11.5 Å². The third-order valence-corrected chi connectivity index (χ3v) is 5.07. The number of aromatic nitrogens is 3. The van der Waals surface area contributed by atoms with Crippen LogP contribution in [-0.2, 0) is 7.05 Å². The largest absolute Gasteiger partial charge is 0.496 e. The van der Waals surface area contributed by atoms with E-state index in [1.807, 2.05) is 48.0 Å². The molecule has 3 aromatic rings. The molecule has 0 saturated heterocycles. The zero-order valence-electron chi connectivity index (χ0n) is 15.3. The van der Waals surface area contributed by atoms with Gasteiger partial charge in [0.15, 0.2) is 11.0 Å². The molecule has 0 saturated carbocycles. The van der Waals surface area contributed by atoms with Gasteiger partial charge in [0.25, 0.3) is 0 Å². The minimum absolute atomic E-state index is 0.688. The maximum Gasteiger partial charge on any atom is 0.191 e. The van der Waals surface area contributed by atoms with E-state index in [4.69, 9.17) is 9.47 Å². The lowest BCUT2D eigenvalue weighted by molar-refractivity contribution is 0.318. The van der Waals surface area contributed by atoms with E-state index >= 15 is 0 Å². The molecule has 5 nitrogen and oxygen atoms in total. The summed E-state index contributed by atoms with van der Waals surface area (Å²) in [7, 11) is 3.65. The second-order valence-electron chi connectivity index (χ2n) is 5.93. The van der Waals surface area contributed by atoms with Gasteiger partial charge in [0, 0.05) is 12.8 Å². The molecule has 0 aliphatic carbocycles. The average molecular weight is 369 g/mol. The Morgan fingerprint density at radius 3 is 2.73 bits per heavy atom. The van der Waals surface area contributed by atoms with Crippen LogP contribution >= 0.6 is 11.8 Å². The van der Waals surface area contributed by atoms with E-state index in [-0.39, 0.29) is 0 Å². The van der Waals surface area contributed by atoms with Crippen LogP contribution in [-0.4, -0.2) is 34.2 Å². The highest BCUT2D eigenvalue weighted by Crippen LogP contribution is 2.30. The van der Waals surface area contributed by atoms with Gasteiger partial charge in [-0.2, -0.15) is 0 Å². The van der Waals surface area contributed by atoms with Crippen LogP contribution < -0.4 is 9.47 Å². The van der Waals surface area contributed by atoms with Crippen LogP contribution in [0.2, 0.25) is 0 Å². The molecular formula is C20H23N3O2S. The molecule has 1 aromatic heterocycles. The summed E-state index contributed by atoms with van der Waals surface area (Å²) in [6, 6.07) is 16.0. The van der Waals surface area contributed by atoms with Crippen LogP contribution in [0.25, 0.3) is 11.4 Å². The van der Waals surface area contributed by atoms with Gasteiger partial charge in [-0.25, -0.2) is 0 Å². The zero-order valence-corrected chi connectivity index (χ0v) is 16.1. The number of para-hydroxylation sites is 1. The molecule has 6 heteroatoms. The topological polar surface area (TPSA) is 49.2 Å². The third-order valence-electron chi connectivity index (χ3n) is 3.96. The highest BCUT2D eigenvalue weighted by Gasteiger charge is 2.14. The fourth-order valence-electron chi connectivity index (χ4n) is 2.62. The summed E-state index contributed by atoms with van der Waals surface area (Å²) in [5, 5.41) is 9.54. The highest BCUT2D eigenvalue weighted by atomic mass is 32.2. The van der Waals surface area contributed by atoms with Crippen molar-refractivity contribution in [1.82, 2.24) is 14.8 Å². The fraction of sp³-hybridized carbons (Fsp3) is 0.300. The maximum absolute atomic E-state index is 5.79. The van der Waals surface area contributed by atoms with Crippen LogP contribution in [0.15, 0.2) is 53.7 Å². The fourth-order valence-corrected chi connectivity index (χ4v) is 3.45. The van der Waals surface area contributed by atoms with E-state index in [2.05, 4.69) is 29.3 Å². The van der Waals surface area contributed by atoms with E-state index in [0.29, 0.717) is 6.61 Å². The molecule has 0 aliphatic rings. The number of ether oxygens (including phenoxy) is 2. The van der Waals surface area contributed by atoms with Crippen molar-refractivity contribution in [2.45, 2.75) is 18.5 Å². The number of hydrogen-bond donors (Lipinski definition) is 0. The Morgan fingerprint density at radius 1 is 1.08 bits per heavy atom. The van der Waals surface area contributed by atoms with Crippen molar-refractivity contribution in [3.63, 3.8) is 0 Å². The number of benzene rings is 2. The number of rotatable bonds is 8. The van der Waals surface area contributed by atoms with E-state index < -0.39 is 0 Å². The standard InChI is InChI=1S/C20H23N3O2S/c1-15-8-6-9-16(14-15)25-12-7-13-26-20-22-21-19(23(20)2)17-10-4-5-11-18(17)24-3/h4-6,8-11,14H,7,12-13H2,1-3H3. The zero-order chi connectivity index (χ0) is 18.4. The summed E-state index contributed by atoms with van der Waals surface area (Å²) in [6.07, 6.45) is 0.940. The summed E-state index contributed by atoms with van der Waals surface area (Å²) in [5.74, 6) is 3.45. The van der Waals surface area contributed by atoms with Crippen molar-refractivity contribution in [3.8, 4) is 22.9 Å². The molecule has 0 aliphatic heterocycles. The molecule has 0 amide bonds. The van der Waals surface area contributed by atoms with Gasteiger partial charge < -0.3 is 14.0 Å². The first-order valence-corrected chi connectivity index (χ1v) is 9.52. The Bertz CT molecular complexity index is 864. The lowest BCUT2D eigenvalue weighted by Crippen LogP contribution is -2.00. The second kappa shape index (κ2) is 8.76. The number of thioether (sulfide) groups is 1. The van der Waals surface area contributed by atoms with Crippen molar-refractivity contribution in [2.24, 2.45) is 7.05 Å². The molecule has 0 N–H and O–H groups in total. The lowest BCUT2D eigenvalue weighted by atomic mass is 10.2. The van der Waals surface area contributed by atoms with Gasteiger partial charge >= 0.3 is 0 Å². The predicted octanol–water partition coefficient (Wildman–Crippen LogP) is 4.36. The number of nitrogens with zero attached hydrogens (tertiary/aromatic N) is 3. The maximum atomic E-state index is 5.79. The normalized spacial score (nSPS) is 10.7. The molecule has 0 unspecified atom stereocenters. The van der Waals surface area contributed by atoms with Crippen molar-refractivity contribution in [2.75, 3.05) is 19.5 Å². The molecule has 1 heterocycles. The molecule has 0 fully saturated rings. The van der Waals surface area contributed by atoms with Crippen LogP contribution in [0.4, 0.5) is 0 Å². The van der Waals surface area contributed by atoms with E-state index in [9.17, 15) is 0 Å². The minimum atomic E-state index is 0.688. The average Bonchev–Trinajstić information content (AvgIpc) is 3.02. The summed E-state index contributed by atoms with van der Waals surface area (Å²) in [5.41, 5.74) is 2.15. The quantitative estimate of drug-likeness (QED) is 0.436. The van der Waals surface area contributed by atoms with Crippen LogP contribution in [0, 0.1) is 6.92 Å². The minimum Gasteiger partial charge on any atom is -0.496 e. The smallest absolute Gasteiger partial charge is 0.191 e. The van der Waals surface area contributed by atoms with Gasteiger partial charge in [0.2, 0.25) is 0 Å². The Kier molecular flexibility index (Phi) is 6.17. The third kappa shape index (κ3) is 4.38. The van der Waals surface area contributed by atoms with E-state index in [1.165, 1.54) is 5.56 Å². The van der Waals surface area contributed by atoms with Crippen molar-refractivity contribution in [1.29, 1.82) is 0 Å². The van der Waals surface area contributed by atoms with Gasteiger partial charge in [-0.1, -0.05) is 36.0 Å². The first-order chi connectivity index (χ1) is 12.7. The molecule has 0 atom stereocenters. The molecule has 2 aromatic carbocycles. The first kappa shape index (κ1) is 18.3. The monoisotopic (exact) mass is 369 g/mol. The number of aryl methyl sites for hydroxylation is 1. The van der Waals surface area contributed by atoms with Crippen LogP contribution in [0.5, 0.6) is 11.5 Å². The van der Waals surface area contributed by atoms with Gasteiger partial charge in [0.05, 0.1) is 19.3 Å². The van der Waals surface area contributed by atoms with Crippen molar-refractivity contribution >= 4 is 11.8 Å². The summed E-state index contributed by atoms with van der Waals surface area (Å²) in [4.78, 5) is 0. The summed E-state index contributed by atoms with van der Waals surface area (Å²) < 4.78 is 13.2. The molecule has 3 rings (SSSR count). The van der Waals surface area contributed by atoms with Gasteiger partial charge in [-0.05, 0) is 43.2 Å². The number of hydrogen-bond acceptors (Lipinski definition) is 5. The second-order valence-corrected chi connectivity index (χ2v) is 6.99. The Morgan fingerprint density at radius 2 is 1.92 bits per heavy atom. The Labute approximate surface area is 158 Å².